The molecule has 120 valence electrons. The molecule has 0 spiro atoms. The lowest BCUT2D eigenvalue weighted by atomic mass is 10.2. The predicted octanol–water partition coefficient (Wildman–Crippen LogP) is 3.85. The van der Waals surface area contributed by atoms with E-state index in [9.17, 15) is 0 Å². The van der Waals surface area contributed by atoms with Crippen LogP contribution in [0.5, 0.6) is 5.75 Å². The number of hydrogen-bond donors (Lipinski definition) is 1. The van der Waals surface area contributed by atoms with E-state index >= 15 is 0 Å². The molecule has 0 bridgehead atoms. The van der Waals surface area contributed by atoms with Crippen molar-refractivity contribution < 1.29 is 4.74 Å². The van der Waals surface area contributed by atoms with Crippen molar-refractivity contribution in [3.8, 4) is 5.75 Å². The maximum Gasteiger partial charge on any atom is 0.211 e. The van der Waals surface area contributed by atoms with Gasteiger partial charge < -0.3 is 9.72 Å². The van der Waals surface area contributed by atoms with Crippen LogP contribution < -0.4 is 4.74 Å². The number of nitrogens with one attached hydrogen (secondary N) is 1. The molecule has 0 saturated carbocycles. The van der Waals surface area contributed by atoms with Crippen LogP contribution in [-0.4, -0.2) is 33.0 Å². The van der Waals surface area contributed by atoms with E-state index < -0.39 is 0 Å². The summed E-state index contributed by atoms with van der Waals surface area (Å²) in [7, 11) is 1.65. The van der Waals surface area contributed by atoms with Crippen LogP contribution in [0.25, 0.3) is 22.1 Å². The Labute approximate surface area is 143 Å². The second-order valence-electron chi connectivity index (χ2n) is 5.41. The quantitative estimate of drug-likeness (QED) is 0.561. The molecule has 4 rings (SSSR count). The summed E-state index contributed by atoms with van der Waals surface area (Å²) in [5.74, 6) is 1.72. The summed E-state index contributed by atoms with van der Waals surface area (Å²) in [6, 6.07) is 16.3. The number of aromatic nitrogens is 4. The van der Waals surface area contributed by atoms with E-state index in [0.29, 0.717) is 5.16 Å². The van der Waals surface area contributed by atoms with Gasteiger partial charge in [0.2, 0.25) is 5.16 Å². The molecule has 0 unspecified atom stereocenters. The SMILES string of the molecule is COc1ccc2[nH]c3nc(SCCc4ccccc4)nnc3c2c1. The molecular weight excluding hydrogens is 320 g/mol. The molecular formula is C18H16N4OS. The molecule has 2 aromatic heterocycles. The van der Waals surface area contributed by atoms with Crippen molar-refractivity contribution >= 4 is 33.8 Å². The average molecular weight is 336 g/mol. The van der Waals surface area contributed by atoms with E-state index in [4.69, 9.17) is 4.74 Å². The van der Waals surface area contributed by atoms with Gasteiger partial charge in [-0.05, 0) is 30.2 Å². The van der Waals surface area contributed by atoms with Gasteiger partial charge >= 0.3 is 0 Å². The van der Waals surface area contributed by atoms with E-state index in [1.54, 1.807) is 18.9 Å². The van der Waals surface area contributed by atoms with Crippen LogP contribution in [0.2, 0.25) is 0 Å². The lowest BCUT2D eigenvalue weighted by Gasteiger charge is -2.00. The number of benzene rings is 2. The van der Waals surface area contributed by atoms with Crippen molar-refractivity contribution in [3.63, 3.8) is 0 Å². The molecule has 0 fully saturated rings. The summed E-state index contributed by atoms with van der Waals surface area (Å²) in [6.07, 6.45) is 0.983. The van der Waals surface area contributed by atoms with Crippen LogP contribution >= 0.6 is 11.8 Å². The highest BCUT2D eigenvalue weighted by Crippen LogP contribution is 2.27. The third kappa shape index (κ3) is 2.92. The summed E-state index contributed by atoms with van der Waals surface area (Å²) >= 11 is 1.62. The highest BCUT2D eigenvalue weighted by atomic mass is 32.2. The first-order valence-electron chi connectivity index (χ1n) is 7.70. The minimum Gasteiger partial charge on any atom is -0.497 e. The van der Waals surface area contributed by atoms with Crippen molar-refractivity contribution in [2.24, 2.45) is 0 Å². The topological polar surface area (TPSA) is 63.7 Å². The molecule has 0 radical (unpaired) electrons. The van der Waals surface area contributed by atoms with Crippen molar-refractivity contribution in [1.29, 1.82) is 0 Å². The third-order valence-electron chi connectivity index (χ3n) is 3.87. The van der Waals surface area contributed by atoms with Crippen molar-refractivity contribution in [2.75, 3.05) is 12.9 Å². The molecule has 2 heterocycles. The number of hydrogen-bond acceptors (Lipinski definition) is 5. The summed E-state index contributed by atoms with van der Waals surface area (Å²) in [5, 5.41) is 10.3. The summed E-state index contributed by atoms with van der Waals surface area (Å²) in [4.78, 5) is 7.89. The fourth-order valence-electron chi connectivity index (χ4n) is 2.63. The van der Waals surface area contributed by atoms with Gasteiger partial charge in [-0.15, -0.1) is 10.2 Å². The summed E-state index contributed by atoms with van der Waals surface area (Å²) in [6.45, 7) is 0. The average Bonchev–Trinajstić information content (AvgIpc) is 2.99. The highest BCUT2D eigenvalue weighted by Gasteiger charge is 2.10. The first-order valence-corrected chi connectivity index (χ1v) is 8.69. The molecule has 0 aliphatic rings. The van der Waals surface area contributed by atoms with Crippen LogP contribution in [0.1, 0.15) is 5.56 Å². The molecule has 5 nitrogen and oxygen atoms in total. The number of nitrogens with zero attached hydrogens (tertiary/aromatic N) is 3. The number of aryl methyl sites for hydroxylation is 1. The van der Waals surface area contributed by atoms with Gasteiger partial charge in [-0.25, -0.2) is 4.98 Å². The molecule has 0 amide bonds. The number of fused-ring (bicyclic) bond motifs is 3. The second-order valence-corrected chi connectivity index (χ2v) is 6.47. The van der Waals surface area contributed by atoms with Crippen LogP contribution in [0.4, 0.5) is 0 Å². The normalized spacial score (nSPS) is 11.2. The van der Waals surface area contributed by atoms with Crippen LogP contribution in [0.15, 0.2) is 53.7 Å². The van der Waals surface area contributed by atoms with Gasteiger partial charge in [-0.1, -0.05) is 42.1 Å². The molecule has 0 saturated heterocycles. The van der Waals surface area contributed by atoms with Gasteiger partial charge in [0.05, 0.1) is 7.11 Å². The second kappa shape index (κ2) is 6.49. The zero-order valence-corrected chi connectivity index (χ0v) is 14.0. The number of aromatic amines is 1. The number of H-pyrrole nitrogens is 1. The Hall–Kier alpha value is -2.60. The van der Waals surface area contributed by atoms with Gasteiger partial charge in [-0.2, -0.15) is 0 Å². The largest absolute Gasteiger partial charge is 0.497 e. The van der Waals surface area contributed by atoms with Crippen molar-refractivity contribution in [1.82, 2.24) is 20.2 Å². The number of rotatable bonds is 5. The molecule has 0 aliphatic heterocycles. The third-order valence-corrected chi connectivity index (χ3v) is 4.71. The fourth-order valence-corrected chi connectivity index (χ4v) is 3.40. The lowest BCUT2D eigenvalue weighted by molar-refractivity contribution is 0.415. The number of ether oxygens (including phenoxy) is 1. The van der Waals surface area contributed by atoms with Gasteiger partial charge in [0.25, 0.3) is 0 Å². The van der Waals surface area contributed by atoms with Crippen LogP contribution in [0.3, 0.4) is 0 Å². The van der Waals surface area contributed by atoms with Gasteiger partial charge in [0.1, 0.15) is 11.3 Å². The summed E-state index contributed by atoms with van der Waals surface area (Å²) in [5.41, 5.74) is 3.84. The Kier molecular flexibility index (Phi) is 4.04. The smallest absolute Gasteiger partial charge is 0.211 e. The van der Waals surface area contributed by atoms with Gasteiger partial charge in [0, 0.05) is 16.7 Å². The zero-order valence-electron chi connectivity index (χ0n) is 13.2. The van der Waals surface area contributed by atoms with Crippen molar-refractivity contribution in [2.45, 2.75) is 11.6 Å². The van der Waals surface area contributed by atoms with Crippen molar-refractivity contribution in [3.05, 3.63) is 54.1 Å². The maximum atomic E-state index is 5.27. The standard InChI is InChI=1S/C18H16N4OS/c1-23-13-7-8-15-14(11-13)16-17(19-15)20-18(22-21-16)24-10-9-12-5-3-2-4-6-12/h2-8,11H,9-10H2,1H3,(H,19,20,22). The van der Waals surface area contributed by atoms with Gasteiger partial charge in [0.15, 0.2) is 5.65 Å². The molecule has 6 heteroatoms. The number of methoxy groups -OCH3 is 1. The molecule has 0 atom stereocenters. The Balaban J connectivity index is 1.55. The molecule has 4 aromatic rings. The Bertz CT molecular complexity index is 984. The van der Waals surface area contributed by atoms with E-state index in [2.05, 4.69) is 44.4 Å². The van der Waals surface area contributed by atoms with E-state index in [0.717, 1.165) is 40.0 Å². The fraction of sp³-hybridized carbons (Fsp3) is 0.167. The molecule has 0 aliphatic carbocycles. The highest BCUT2D eigenvalue weighted by molar-refractivity contribution is 7.99. The minimum absolute atomic E-state index is 0.692. The lowest BCUT2D eigenvalue weighted by Crippen LogP contribution is -1.94. The summed E-state index contributed by atoms with van der Waals surface area (Å²) < 4.78 is 5.27. The van der Waals surface area contributed by atoms with E-state index in [1.165, 1.54) is 5.56 Å². The van der Waals surface area contributed by atoms with E-state index in [1.807, 2.05) is 24.3 Å². The monoisotopic (exact) mass is 336 g/mol. The van der Waals surface area contributed by atoms with Crippen LogP contribution in [0, 0.1) is 0 Å². The molecule has 24 heavy (non-hydrogen) atoms. The first kappa shape index (κ1) is 15.0. The van der Waals surface area contributed by atoms with Crippen LogP contribution in [-0.2, 0) is 6.42 Å². The first-order chi connectivity index (χ1) is 11.8. The predicted molar refractivity (Wildman–Crippen MR) is 96.6 cm³/mol. The zero-order chi connectivity index (χ0) is 16.4. The van der Waals surface area contributed by atoms with Gasteiger partial charge in [-0.3, -0.25) is 0 Å². The maximum absolute atomic E-state index is 5.27. The van der Waals surface area contributed by atoms with E-state index in [-0.39, 0.29) is 0 Å². The minimum atomic E-state index is 0.692. The Morgan fingerprint density at radius 2 is 1.96 bits per heavy atom. The molecule has 1 N–H and O–H groups in total. The molecule has 2 aromatic carbocycles. The Morgan fingerprint density at radius 1 is 1.08 bits per heavy atom. The Morgan fingerprint density at radius 3 is 2.79 bits per heavy atom. The number of thioether (sulfide) groups is 1.